The van der Waals surface area contributed by atoms with E-state index in [1.54, 1.807) is 24.3 Å². The summed E-state index contributed by atoms with van der Waals surface area (Å²) in [5.41, 5.74) is 1.44. The van der Waals surface area contributed by atoms with E-state index < -0.39 is 5.97 Å². The van der Waals surface area contributed by atoms with Crippen molar-refractivity contribution in [2.75, 3.05) is 5.32 Å². The van der Waals surface area contributed by atoms with E-state index in [9.17, 15) is 9.59 Å². The van der Waals surface area contributed by atoms with Gasteiger partial charge in [0.25, 0.3) is 5.91 Å². The summed E-state index contributed by atoms with van der Waals surface area (Å²) in [4.78, 5) is 25.7. The summed E-state index contributed by atoms with van der Waals surface area (Å²) in [5.74, 6) is -0.632. The molecule has 1 fully saturated rings. The molecule has 1 saturated carbocycles. The maximum atomic E-state index is 12.4. The van der Waals surface area contributed by atoms with Crippen LogP contribution in [0.3, 0.4) is 0 Å². The molecular weight excluding hydrogens is 358 g/mol. The number of thiophene rings is 1. The van der Waals surface area contributed by atoms with Gasteiger partial charge in [-0.3, -0.25) is 4.79 Å². The van der Waals surface area contributed by atoms with Gasteiger partial charge >= 0.3 is 5.97 Å². The zero-order valence-electron chi connectivity index (χ0n) is 14.0. The van der Waals surface area contributed by atoms with Gasteiger partial charge in [-0.05, 0) is 62.3 Å². The Labute approximate surface area is 156 Å². The molecular formula is C19H20ClNO3S. The number of rotatable bonds is 4. The van der Waals surface area contributed by atoms with Crippen LogP contribution in [-0.4, -0.2) is 18.0 Å². The molecule has 0 bridgehead atoms. The number of carbonyl (C=O) groups excluding carboxylic acids is 2. The van der Waals surface area contributed by atoms with Gasteiger partial charge in [-0.2, -0.15) is 0 Å². The van der Waals surface area contributed by atoms with Crippen molar-refractivity contribution in [3.05, 3.63) is 50.7 Å². The quantitative estimate of drug-likeness (QED) is 0.720. The van der Waals surface area contributed by atoms with E-state index in [4.69, 9.17) is 16.3 Å². The fraction of sp³-hybridized carbons (Fsp3) is 0.368. The minimum absolute atomic E-state index is 0.0379. The maximum absolute atomic E-state index is 12.4. The third kappa shape index (κ3) is 4.41. The van der Waals surface area contributed by atoms with Gasteiger partial charge < -0.3 is 10.1 Å². The SMILES string of the molecule is Cc1sccc1C(=O)Nc1ccc(Cl)c(C(=O)OC2CCCCC2)c1. The predicted octanol–water partition coefficient (Wildman–Crippen LogP) is 5.45. The molecule has 132 valence electrons. The number of nitrogens with one attached hydrogen (secondary N) is 1. The average molecular weight is 378 g/mol. The summed E-state index contributed by atoms with van der Waals surface area (Å²) >= 11 is 7.68. The Balaban J connectivity index is 1.72. The number of amides is 1. The lowest BCUT2D eigenvalue weighted by Crippen LogP contribution is -2.21. The zero-order chi connectivity index (χ0) is 17.8. The normalized spacial score (nSPS) is 15.0. The van der Waals surface area contributed by atoms with E-state index in [-0.39, 0.29) is 17.6 Å². The summed E-state index contributed by atoms with van der Waals surface area (Å²) in [6, 6.07) is 6.64. The summed E-state index contributed by atoms with van der Waals surface area (Å²) < 4.78 is 5.58. The molecule has 6 heteroatoms. The monoisotopic (exact) mass is 377 g/mol. The van der Waals surface area contributed by atoms with E-state index in [2.05, 4.69) is 5.32 Å². The summed E-state index contributed by atoms with van der Waals surface area (Å²) in [6.07, 6.45) is 5.13. The maximum Gasteiger partial charge on any atom is 0.340 e. The highest BCUT2D eigenvalue weighted by Crippen LogP contribution is 2.26. The second kappa shape index (κ2) is 8.02. The molecule has 3 rings (SSSR count). The Morgan fingerprint density at radius 1 is 1.16 bits per heavy atom. The number of anilines is 1. The van der Waals surface area contributed by atoms with Gasteiger partial charge in [-0.15, -0.1) is 11.3 Å². The van der Waals surface area contributed by atoms with Crippen molar-refractivity contribution in [1.82, 2.24) is 0 Å². The number of aryl methyl sites for hydroxylation is 1. The van der Waals surface area contributed by atoms with E-state index in [1.807, 2.05) is 12.3 Å². The van der Waals surface area contributed by atoms with Gasteiger partial charge in [0.05, 0.1) is 16.1 Å². The van der Waals surface area contributed by atoms with Crippen LogP contribution in [0.5, 0.6) is 0 Å². The topological polar surface area (TPSA) is 55.4 Å². The van der Waals surface area contributed by atoms with Crippen molar-refractivity contribution >= 4 is 40.5 Å². The molecule has 1 aromatic carbocycles. The van der Waals surface area contributed by atoms with E-state index >= 15 is 0 Å². The Hall–Kier alpha value is -1.85. The van der Waals surface area contributed by atoms with Crippen LogP contribution in [-0.2, 0) is 4.74 Å². The first-order chi connectivity index (χ1) is 12.0. The van der Waals surface area contributed by atoms with Crippen molar-refractivity contribution in [1.29, 1.82) is 0 Å². The third-order valence-electron chi connectivity index (χ3n) is 4.37. The molecule has 0 atom stereocenters. The average Bonchev–Trinajstić information content (AvgIpc) is 3.03. The number of esters is 1. The molecule has 0 spiro atoms. The highest BCUT2D eigenvalue weighted by molar-refractivity contribution is 7.10. The molecule has 1 amide bonds. The fourth-order valence-corrected chi connectivity index (χ4v) is 3.87. The lowest BCUT2D eigenvalue weighted by molar-refractivity contribution is 0.0211. The minimum atomic E-state index is -0.431. The van der Waals surface area contributed by atoms with Crippen LogP contribution in [0.4, 0.5) is 5.69 Å². The van der Waals surface area contributed by atoms with Crippen LogP contribution in [0.25, 0.3) is 0 Å². The Morgan fingerprint density at radius 3 is 2.60 bits per heavy atom. The second-order valence-electron chi connectivity index (χ2n) is 6.20. The molecule has 1 N–H and O–H groups in total. The van der Waals surface area contributed by atoms with Gasteiger partial charge in [-0.25, -0.2) is 4.79 Å². The smallest absolute Gasteiger partial charge is 0.340 e. The number of benzene rings is 1. The van der Waals surface area contributed by atoms with Gasteiger partial charge in [0, 0.05) is 10.6 Å². The number of ether oxygens (including phenoxy) is 1. The molecule has 0 saturated heterocycles. The second-order valence-corrected chi connectivity index (χ2v) is 7.73. The molecule has 1 heterocycles. The predicted molar refractivity (Wildman–Crippen MR) is 101 cm³/mol. The van der Waals surface area contributed by atoms with Crippen molar-refractivity contribution in [3.63, 3.8) is 0 Å². The lowest BCUT2D eigenvalue weighted by Gasteiger charge is -2.22. The largest absolute Gasteiger partial charge is 0.459 e. The van der Waals surface area contributed by atoms with Gasteiger partial charge in [0.1, 0.15) is 6.10 Å². The molecule has 25 heavy (non-hydrogen) atoms. The molecule has 0 radical (unpaired) electrons. The van der Waals surface area contributed by atoms with Crippen molar-refractivity contribution in [2.45, 2.75) is 45.1 Å². The zero-order valence-corrected chi connectivity index (χ0v) is 15.6. The fourth-order valence-electron chi connectivity index (χ4n) is 2.98. The van der Waals surface area contributed by atoms with Crippen LogP contribution >= 0.6 is 22.9 Å². The van der Waals surface area contributed by atoms with Crippen molar-refractivity contribution in [2.24, 2.45) is 0 Å². The number of hydrogen-bond donors (Lipinski definition) is 1. The third-order valence-corrected chi connectivity index (χ3v) is 5.55. The summed E-state index contributed by atoms with van der Waals surface area (Å²) in [6.45, 7) is 1.90. The molecule has 2 aromatic rings. The Bertz CT molecular complexity index is 781. The van der Waals surface area contributed by atoms with Crippen LogP contribution in [0.2, 0.25) is 5.02 Å². The number of halogens is 1. The van der Waals surface area contributed by atoms with Crippen LogP contribution < -0.4 is 5.32 Å². The van der Waals surface area contributed by atoms with Gasteiger partial charge in [0.2, 0.25) is 0 Å². The molecule has 0 unspecified atom stereocenters. The Kier molecular flexibility index (Phi) is 5.76. The summed E-state index contributed by atoms with van der Waals surface area (Å²) in [5, 5.41) is 5.01. The number of hydrogen-bond acceptors (Lipinski definition) is 4. The van der Waals surface area contributed by atoms with Gasteiger partial charge in [-0.1, -0.05) is 18.0 Å². The Morgan fingerprint density at radius 2 is 1.92 bits per heavy atom. The minimum Gasteiger partial charge on any atom is -0.459 e. The first kappa shape index (κ1) is 18.0. The van der Waals surface area contributed by atoms with Crippen LogP contribution in [0.15, 0.2) is 29.6 Å². The standard InChI is InChI=1S/C19H20ClNO3S/c1-12-15(9-10-25-12)18(22)21-13-7-8-17(20)16(11-13)19(23)24-14-5-3-2-4-6-14/h7-11,14H,2-6H2,1H3,(H,21,22). The number of carbonyl (C=O) groups is 2. The molecule has 0 aliphatic heterocycles. The summed E-state index contributed by atoms with van der Waals surface area (Å²) in [7, 11) is 0. The lowest BCUT2D eigenvalue weighted by atomic mass is 9.98. The van der Waals surface area contributed by atoms with E-state index in [1.165, 1.54) is 17.8 Å². The van der Waals surface area contributed by atoms with E-state index in [0.29, 0.717) is 16.3 Å². The van der Waals surface area contributed by atoms with Crippen LogP contribution in [0.1, 0.15) is 57.7 Å². The van der Waals surface area contributed by atoms with Crippen molar-refractivity contribution in [3.8, 4) is 0 Å². The first-order valence-electron chi connectivity index (χ1n) is 8.40. The molecule has 1 aromatic heterocycles. The molecule has 1 aliphatic rings. The highest BCUT2D eigenvalue weighted by atomic mass is 35.5. The van der Waals surface area contributed by atoms with E-state index in [0.717, 1.165) is 30.6 Å². The highest BCUT2D eigenvalue weighted by Gasteiger charge is 2.21. The molecule has 4 nitrogen and oxygen atoms in total. The van der Waals surface area contributed by atoms with Crippen LogP contribution in [0, 0.1) is 6.92 Å². The van der Waals surface area contributed by atoms with Crippen molar-refractivity contribution < 1.29 is 14.3 Å². The van der Waals surface area contributed by atoms with Gasteiger partial charge in [0.15, 0.2) is 0 Å². The molecule has 1 aliphatic carbocycles. The first-order valence-corrected chi connectivity index (χ1v) is 9.66.